The van der Waals surface area contributed by atoms with Gasteiger partial charge in [0.25, 0.3) is 0 Å². The molecule has 2 aromatic rings. The monoisotopic (exact) mass is 365 g/mol. The zero-order chi connectivity index (χ0) is 13.5. The van der Waals surface area contributed by atoms with Crippen molar-refractivity contribution in [2.45, 2.75) is 32.2 Å². The van der Waals surface area contributed by atoms with Crippen LogP contribution in [0.3, 0.4) is 0 Å². The van der Waals surface area contributed by atoms with Crippen LogP contribution in [0.1, 0.15) is 37.8 Å². The first-order valence-electron chi connectivity index (χ1n) is 6.87. The van der Waals surface area contributed by atoms with Gasteiger partial charge in [0, 0.05) is 9.26 Å². The third-order valence-corrected chi connectivity index (χ3v) is 4.19. The van der Waals surface area contributed by atoms with E-state index < -0.39 is 0 Å². The molecular weight excluding hydrogens is 345 g/mol. The van der Waals surface area contributed by atoms with Crippen LogP contribution in [0.5, 0.6) is 0 Å². The van der Waals surface area contributed by atoms with Crippen molar-refractivity contribution in [3.63, 3.8) is 0 Å². The van der Waals surface area contributed by atoms with Crippen LogP contribution in [-0.4, -0.2) is 0 Å². The molecule has 0 aliphatic rings. The molecule has 0 bridgehead atoms. The largest absolute Gasteiger partial charge is 0.377 e. The molecule has 0 aromatic heterocycles. The van der Waals surface area contributed by atoms with Crippen LogP contribution < -0.4 is 5.32 Å². The summed E-state index contributed by atoms with van der Waals surface area (Å²) in [6.45, 7) is 2.24. The third-order valence-electron chi connectivity index (χ3n) is 3.25. The minimum atomic E-state index is 0.400. The molecule has 100 valence electrons. The quantitative estimate of drug-likeness (QED) is 0.654. The average molecular weight is 365 g/mol. The van der Waals surface area contributed by atoms with E-state index in [2.05, 4.69) is 89.4 Å². The first-order chi connectivity index (χ1) is 9.31. The lowest BCUT2D eigenvalue weighted by molar-refractivity contribution is 0.634. The predicted molar refractivity (Wildman–Crippen MR) is 91.5 cm³/mol. The number of hydrogen-bond acceptors (Lipinski definition) is 1. The molecule has 0 heterocycles. The average Bonchev–Trinajstić information content (AvgIpc) is 2.46. The number of unbranched alkanes of at least 4 members (excludes halogenated alkanes) is 1. The number of halogens is 1. The Labute approximate surface area is 129 Å². The van der Waals surface area contributed by atoms with Crippen molar-refractivity contribution in [2.75, 3.05) is 5.32 Å². The molecule has 0 spiro atoms. The van der Waals surface area contributed by atoms with E-state index in [1.165, 1.54) is 34.1 Å². The maximum atomic E-state index is 3.69. The Hall–Kier alpha value is -1.03. The first-order valence-corrected chi connectivity index (χ1v) is 7.95. The zero-order valence-electron chi connectivity index (χ0n) is 11.3. The maximum absolute atomic E-state index is 3.69. The Morgan fingerprint density at radius 3 is 2.37 bits per heavy atom. The summed E-state index contributed by atoms with van der Waals surface area (Å²) in [4.78, 5) is 0. The SMILES string of the molecule is CCCCC(Nc1ccccc1I)c1ccccc1. The summed E-state index contributed by atoms with van der Waals surface area (Å²) in [5.74, 6) is 0. The molecule has 19 heavy (non-hydrogen) atoms. The van der Waals surface area contributed by atoms with Gasteiger partial charge in [-0.2, -0.15) is 0 Å². The van der Waals surface area contributed by atoms with Gasteiger partial charge in [0.05, 0.1) is 6.04 Å². The lowest BCUT2D eigenvalue weighted by Crippen LogP contribution is -2.11. The third kappa shape index (κ3) is 4.23. The second-order valence-corrected chi connectivity index (χ2v) is 5.89. The van der Waals surface area contributed by atoms with Crippen molar-refractivity contribution in [3.05, 3.63) is 63.7 Å². The molecular formula is C17H20IN. The van der Waals surface area contributed by atoms with Crippen LogP contribution in [0.25, 0.3) is 0 Å². The van der Waals surface area contributed by atoms with E-state index >= 15 is 0 Å². The van der Waals surface area contributed by atoms with Crippen molar-refractivity contribution in [3.8, 4) is 0 Å². The Morgan fingerprint density at radius 2 is 1.68 bits per heavy atom. The van der Waals surface area contributed by atoms with Gasteiger partial charge >= 0.3 is 0 Å². The topological polar surface area (TPSA) is 12.0 Å². The smallest absolute Gasteiger partial charge is 0.0514 e. The fourth-order valence-electron chi connectivity index (χ4n) is 2.18. The van der Waals surface area contributed by atoms with Crippen LogP contribution in [0.4, 0.5) is 5.69 Å². The van der Waals surface area contributed by atoms with E-state index in [0.717, 1.165) is 0 Å². The lowest BCUT2D eigenvalue weighted by atomic mass is 10.0. The molecule has 0 aliphatic carbocycles. The van der Waals surface area contributed by atoms with Gasteiger partial charge in [0.15, 0.2) is 0 Å². The van der Waals surface area contributed by atoms with Crippen molar-refractivity contribution in [2.24, 2.45) is 0 Å². The van der Waals surface area contributed by atoms with Gasteiger partial charge in [-0.25, -0.2) is 0 Å². The highest BCUT2D eigenvalue weighted by Crippen LogP contribution is 2.27. The van der Waals surface area contributed by atoms with Gasteiger partial charge in [-0.15, -0.1) is 0 Å². The summed E-state index contributed by atoms with van der Waals surface area (Å²) in [6.07, 6.45) is 3.65. The van der Waals surface area contributed by atoms with E-state index in [4.69, 9.17) is 0 Å². The lowest BCUT2D eigenvalue weighted by Gasteiger charge is -2.21. The van der Waals surface area contributed by atoms with Crippen molar-refractivity contribution in [1.29, 1.82) is 0 Å². The van der Waals surface area contributed by atoms with Crippen molar-refractivity contribution < 1.29 is 0 Å². The Morgan fingerprint density at radius 1 is 1.00 bits per heavy atom. The number of rotatable bonds is 6. The van der Waals surface area contributed by atoms with Crippen LogP contribution >= 0.6 is 22.6 Å². The molecule has 1 atom stereocenters. The Balaban J connectivity index is 2.17. The Kier molecular flexibility index (Phi) is 5.70. The molecule has 0 saturated carbocycles. The maximum Gasteiger partial charge on any atom is 0.0514 e. The Bertz CT molecular complexity index is 496. The van der Waals surface area contributed by atoms with E-state index in [-0.39, 0.29) is 0 Å². The molecule has 2 aromatic carbocycles. The number of benzene rings is 2. The number of nitrogens with one attached hydrogen (secondary N) is 1. The van der Waals surface area contributed by atoms with Gasteiger partial charge in [-0.3, -0.25) is 0 Å². The first kappa shape index (κ1) is 14.4. The number of hydrogen-bond donors (Lipinski definition) is 1. The molecule has 0 radical (unpaired) electrons. The fraction of sp³-hybridized carbons (Fsp3) is 0.294. The van der Waals surface area contributed by atoms with Gasteiger partial charge in [-0.1, -0.05) is 62.2 Å². The second kappa shape index (κ2) is 7.53. The summed E-state index contributed by atoms with van der Waals surface area (Å²) >= 11 is 2.39. The number of para-hydroxylation sites is 1. The molecule has 2 heteroatoms. The van der Waals surface area contributed by atoms with Crippen LogP contribution in [-0.2, 0) is 0 Å². The molecule has 0 amide bonds. The fourth-order valence-corrected chi connectivity index (χ4v) is 2.72. The summed E-state index contributed by atoms with van der Waals surface area (Å²) in [6, 6.07) is 19.6. The second-order valence-electron chi connectivity index (χ2n) is 4.73. The highest BCUT2D eigenvalue weighted by molar-refractivity contribution is 14.1. The summed E-state index contributed by atoms with van der Waals surface area (Å²) in [7, 11) is 0. The van der Waals surface area contributed by atoms with Gasteiger partial charge in [0.2, 0.25) is 0 Å². The van der Waals surface area contributed by atoms with E-state index in [1.807, 2.05) is 0 Å². The standard InChI is InChI=1S/C17H20IN/c1-2-3-12-16(14-9-5-4-6-10-14)19-17-13-8-7-11-15(17)18/h4-11,13,16,19H,2-3,12H2,1H3. The van der Waals surface area contributed by atoms with Gasteiger partial charge in [0.1, 0.15) is 0 Å². The summed E-state index contributed by atoms with van der Waals surface area (Å²) in [5.41, 5.74) is 2.60. The van der Waals surface area contributed by atoms with Gasteiger partial charge in [-0.05, 0) is 46.7 Å². The molecule has 1 nitrogen and oxygen atoms in total. The van der Waals surface area contributed by atoms with Crippen LogP contribution in [0.15, 0.2) is 54.6 Å². The minimum Gasteiger partial charge on any atom is -0.377 e. The van der Waals surface area contributed by atoms with Crippen molar-refractivity contribution >= 4 is 28.3 Å². The number of anilines is 1. The molecule has 1 unspecified atom stereocenters. The predicted octanol–water partition coefficient (Wildman–Crippen LogP) is 5.63. The summed E-state index contributed by atoms with van der Waals surface area (Å²) < 4.78 is 1.28. The van der Waals surface area contributed by atoms with Crippen LogP contribution in [0.2, 0.25) is 0 Å². The van der Waals surface area contributed by atoms with E-state index in [9.17, 15) is 0 Å². The molecule has 2 rings (SSSR count). The minimum absolute atomic E-state index is 0.400. The molecule has 1 N–H and O–H groups in total. The highest BCUT2D eigenvalue weighted by atomic mass is 127. The highest BCUT2D eigenvalue weighted by Gasteiger charge is 2.11. The summed E-state index contributed by atoms with van der Waals surface area (Å²) in [5, 5.41) is 3.69. The molecule has 0 aliphatic heterocycles. The van der Waals surface area contributed by atoms with E-state index in [0.29, 0.717) is 6.04 Å². The normalized spacial score (nSPS) is 12.1. The zero-order valence-corrected chi connectivity index (χ0v) is 13.4. The molecule has 0 fully saturated rings. The van der Waals surface area contributed by atoms with Crippen molar-refractivity contribution in [1.82, 2.24) is 0 Å². The van der Waals surface area contributed by atoms with E-state index in [1.54, 1.807) is 0 Å². The van der Waals surface area contributed by atoms with Gasteiger partial charge < -0.3 is 5.32 Å². The van der Waals surface area contributed by atoms with Crippen LogP contribution in [0, 0.1) is 3.57 Å². The molecule has 0 saturated heterocycles.